The van der Waals surface area contributed by atoms with Crippen molar-refractivity contribution in [1.82, 2.24) is 15.0 Å². The lowest BCUT2D eigenvalue weighted by molar-refractivity contribution is -0.603. The van der Waals surface area contributed by atoms with Crippen molar-refractivity contribution in [3.63, 3.8) is 0 Å². The molecule has 0 radical (unpaired) electrons. The number of aromatic hydroxyl groups is 1. The van der Waals surface area contributed by atoms with Gasteiger partial charge in [0.05, 0.1) is 18.0 Å². The van der Waals surface area contributed by atoms with E-state index >= 15 is 0 Å². The maximum atomic E-state index is 12.2. The maximum Gasteiger partial charge on any atom is 0.446 e. The average molecular weight is 370 g/mol. The van der Waals surface area contributed by atoms with Crippen LogP contribution in [0.5, 0.6) is 11.8 Å². The van der Waals surface area contributed by atoms with Crippen molar-refractivity contribution in [3.8, 4) is 17.7 Å². The zero-order valence-electron chi connectivity index (χ0n) is 13.5. The number of carbonyl (C=O) groups is 2. The third kappa shape index (κ3) is 3.93. The maximum absolute atomic E-state index is 12.2. The van der Waals surface area contributed by atoms with Gasteiger partial charge in [-0.1, -0.05) is 12.1 Å². The number of pyridine rings is 1. The van der Waals surface area contributed by atoms with Gasteiger partial charge in [0.25, 0.3) is 0 Å². The lowest BCUT2D eigenvalue weighted by Crippen LogP contribution is -2.34. The predicted octanol–water partition coefficient (Wildman–Crippen LogP) is 0.572. The molecule has 27 heavy (non-hydrogen) atoms. The topological polar surface area (TPSA) is 159 Å². The predicted molar refractivity (Wildman–Crippen MR) is 86.8 cm³/mol. The number of hydrogen-bond acceptors (Lipinski definition) is 9. The summed E-state index contributed by atoms with van der Waals surface area (Å²) in [6.07, 6.45) is 2.69. The second-order valence-corrected chi connectivity index (χ2v) is 5.07. The van der Waals surface area contributed by atoms with E-state index in [1.54, 1.807) is 5.48 Å². The third-order valence-electron chi connectivity index (χ3n) is 3.29. The molecule has 0 saturated heterocycles. The lowest BCUT2D eigenvalue weighted by atomic mass is 10.2. The fraction of sp³-hybridized carbons (Fsp3) is 0. The number of carbonyl (C=O) groups excluding carboxylic acids is 1. The summed E-state index contributed by atoms with van der Waals surface area (Å²) in [5, 5.41) is 27.9. The highest BCUT2D eigenvalue weighted by atomic mass is 16.5. The number of ether oxygens (including phenoxy) is 1. The van der Waals surface area contributed by atoms with Gasteiger partial charge < -0.3 is 14.9 Å². The molecule has 0 atom stereocenters. The Hall–Kier alpha value is -4.12. The van der Waals surface area contributed by atoms with Crippen LogP contribution in [0, 0.1) is 0 Å². The Morgan fingerprint density at radius 2 is 1.85 bits per heavy atom. The van der Waals surface area contributed by atoms with E-state index in [2.05, 4.69) is 15.0 Å². The highest BCUT2D eigenvalue weighted by Crippen LogP contribution is 2.18. The number of esters is 1. The molecule has 0 bridgehead atoms. The van der Waals surface area contributed by atoms with Crippen LogP contribution in [-0.2, 0) is 0 Å². The molecular formula is C16H12N5O6+. The Kier molecular flexibility index (Phi) is 4.86. The van der Waals surface area contributed by atoms with Gasteiger partial charge in [-0.2, -0.15) is 0 Å². The summed E-state index contributed by atoms with van der Waals surface area (Å²) in [5.41, 5.74) is 1.56. The number of anilines is 1. The summed E-state index contributed by atoms with van der Waals surface area (Å²) < 4.78 is 6.26. The summed E-state index contributed by atoms with van der Waals surface area (Å²) in [7, 11) is 0. The Bertz CT molecular complexity index is 1030. The molecule has 1 aromatic carbocycles. The Balaban J connectivity index is 1.97. The zero-order valence-corrected chi connectivity index (χ0v) is 13.5. The van der Waals surface area contributed by atoms with E-state index in [0.717, 1.165) is 0 Å². The molecule has 0 saturated carbocycles. The first kappa shape index (κ1) is 17.7. The Morgan fingerprint density at radius 1 is 1.07 bits per heavy atom. The molecule has 2 heterocycles. The third-order valence-corrected chi connectivity index (χ3v) is 3.29. The number of carboxylic acid groups (broad SMARTS) is 1. The number of benzene rings is 1. The number of phenols is 1. The fourth-order valence-electron chi connectivity index (χ4n) is 2.07. The van der Waals surface area contributed by atoms with E-state index in [0.29, 0.717) is 0 Å². The minimum Gasteiger partial charge on any atom is -0.507 e. The lowest BCUT2D eigenvalue weighted by Gasteiger charge is -2.03. The van der Waals surface area contributed by atoms with E-state index in [1.807, 2.05) is 0 Å². The number of hydrogen-bond donors (Lipinski definition) is 4. The van der Waals surface area contributed by atoms with Gasteiger partial charge in [0.15, 0.2) is 0 Å². The highest BCUT2D eigenvalue weighted by molar-refractivity contribution is 5.93. The van der Waals surface area contributed by atoms with Gasteiger partial charge >= 0.3 is 29.8 Å². The second kappa shape index (κ2) is 7.41. The largest absolute Gasteiger partial charge is 0.507 e. The number of nitrogens with one attached hydrogen (secondary N) is 1. The average Bonchev–Trinajstić information content (AvgIpc) is 2.68. The van der Waals surface area contributed by atoms with Crippen molar-refractivity contribution in [1.29, 1.82) is 0 Å². The molecule has 4 N–H and O–H groups in total. The molecule has 0 aliphatic rings. The normalized spacial score (nSPS) is 10.3. The quantitative estimate of drug-likeness (QED) is 0.284. The molecule has 3 aromatic rings. The number of aromatic carboxylic acids is 1. The van der Waals surface area contributed by atoms with Crippen molar-refractivity contribution in [2.45, 2.75) is 0 Å². The van der Waals surface area contributed by atoms with Crippen LogP contribution < -0.4 is 14.8 Å². The Morgan fingerprint density at radius 3 is 2.56 bits per heavy atom. The molecule has 11 nitrogen and oxygen atoms in total. The summed E-state index contributed by atoms with van der Waals surface area (Å²) in [6, 6.07) is 8.06. The Labute approximate surface area is 151 Å². The molecule has 0 spiro atoms. The molecule has 0 aliphatic heterocycles. The number of carboxylic acids is 1. The van der Waals surface area contributed by atoms with Crippen molar-refractivity contribution in [3.05, 3.63) is 59.9 Å². The number of rotatable bonds is 5. The number of para-hydroxylation sites is 1. The van der Waals surface area contributed by atoms with Crippen LogP contribution >= 0.6 is 0 Å². The zero-order chi connectivity index (χ0) is 19.4. The van der Waals surface area contributed by atoms with Crippen molar-refractivity contribution < 1.29 is 34.3 Å². The SMILES string of the molecule is O=C(O)c1ccc[n+](-c2nc(NO)nc(OC(=O)c3ccccc3O)n2)c1. The smallest absolute Gasteiger partial charge is 0.446 e. The molecular weight excluding hydrogens is 358 g/mol. The monoisotopic (exact) mass is 370 g/mol. The first-order valence-electron chi connectivity index (χ1n) is 7.39. The standard InChI is InChI=1S/C16H11N5O6/c22-11-6-2-1-5-10(11)13(25)27-16-18-14(20-26)17-15(19-16)21-7-3-4-9(8-21)12(23)24/h1-8H,(H3-,17,18,19,20,22,23,24,25,26)/p+1. The van der Waals surface area contributed by atoms with Gasteiger partial charge in [-0.15, -0.1) is 4.98 Å². The second-order valence-electron chi connectivity index (χ2n) is 5.07. The van der Waals surface area contributed by atoms with E-state index in [1.165, 1.54) is 53.4 Å². The highest BCUT2D eigenvalue weighted by Gasteiger charge is 2.23. The molecule has 0 unspecified atom stereocenters. The van der Waals surface area contributed by atoms with Gasteiger partial charge in [-0.25, -0.2) is 19.6 Å². The summed E-state index contributed by atoms with van der Waals surface area (Å²) in [6.45, 7) is 0. The van der Waals surface area contributed by atoms with Crippen LogP contribution in [0.1, 0.15) is 20.7 Å². The molecule has 0 amide bonds. The van der Waals surface area contributed by atoms with Crippen LogP contribution in [-0.4, -0.2) is 42.3 Å². The van der Waals surface area contributed by atoms with Crippen LogP contribution in [0.4, 0.5) is 5.95 Å². The summed E-state index contributed by atoms with van der Waals surface area (Å²) >= 11 is 0. The van der Waals surface area contributed by atoms with Gasteiger partial charge in [-0.3, -0.25) is 5.21 Å². The van der Waals surface area contributed by atoms with Crippen LogP contribution in [0.3, 0.4) is 0 Å². The van der Waals surface area contributed by atoms with E-state index in [4.69, 9.17) is 15.1 Å². The molecule has 136 valence electrons. The molecule has 2 aromatic heterocycles. The molecule has 11 heteroatoms. The minimum absolute atomic E-state index is 0.0378. The van der Waals surface area contributed by atoms with Crippen LogP contribution in [0.2, 0.25) is 0 Å². The van der Waals surface area contributed by atoms with E-state index < -0.39 is 17.9 Å². The fourth-order valence-corrected chi connectivity index (χ4v) is 2.07. The molecule has 0 aliphatic carbocycles. The van der Waals surface area contributed by atoms with Gasteiger partial charge in [0.1, 0.15) is 11.3 Å². The van der Waals surface area contributed by atoms with Crippen molar-refractivity contribution in [2.24, 2.45) is 0 Å². The van der Waals surface area contributed by atoms with Crippen LogP contribution in [0.25, 0.3) is 5.95 Å². The van der Waals surface area contributed by atoms with E-state index in [-0.39, 0.29) is 28.8 Å². The van der Waals surface area contributed by atoms with Gasteiger partial charge in [0.2, 0.25) is 0 Å². The van der Waals surface area contributed by atoms with Crippen molar-refractivity contribution in [2.75, 3.05) is 5.48 Å². The first-order chi connectivity index (χ1) is 13.0. The first-order valence-corrected chi connectivity index (χ1v) is 7.39. The summed E-state index contributed by atoms with van der Waals surface area (Å²) in [4.78, 5) is 34.8. The summed E-state index contributed by atoms with van der Waals surface area (Å²) in [5.74, 6) is -2.84. The van der Waals surface area contributed by atoms with Crippen LogP contribution in [0.15, 0.2) is 48.8 Å². The van der Waals surface area contributed by atoms with Gasteiger partial charge in [-0.05, 0) is 34.2 Å². The minimum atomic E-state index is -1.16. The number of phenolic OH excluding ortho intramolecular Hbond substituents is 1. The van der Waals surface area contributed by atoms with Gasteiger partial charge in [0, 0.05) is 0 Å². The van der Waals surface area contributed by atoms with Crippen molar-refractivity contribution >= 4 is 17.9 Å². The number of nitrogens with zero attached hydrogens (tertiary/aromatic N) is 4. The van der Waals surface area contributed by atoms with E-state index in [9.17, 15) is 14.7 Å². The molecule has 3 rings (SSSR count). The molecule has 0 fully saturated rings. The number of aromatic nitrogens is 4.